The lowest BCUT2D eigenvalue weighted by molar-refractivity contribution is 0.0956. The molecule has 2 rings (SSSR count). The van der Waals surface area contributed by atoms with E-state index in [1.807, 2.05) is 25.1 Å². The highest BCUT2D eigenvalue weighted by molar-refractivity contribution is 6.00. The van der Waals surface area contributed by atoms with Gasteiger partial charge < -0.3 is 16.4 Å². The minimum absolute atomic E-state index is 0.0844. The number of hydrogen-bond donors (Lipinski definition) is 3. The van der Waals surface area contributed by atoms with Crippen LogP contribution in [0.2, 0.25) is 0 Å². The van der Waals surface area contributed by atoms with Gasteiger partial charge in [-0.1, -0.05) is 30.3 Å². The minimum Gasteiger partial charge on any atom is -0.399 e. The van der Waals surface area contributed by atoms with E-state index in [2.05, 4.69) is 29.7 Å². The second kappa shape index (κ2) is 6.79. The molecule has 110 valence electrons. The number of carbonyl (C=O) groups excluding carboxylic acids is 1. The van der Waals surface area contributed by atoms with Gasteiger partial charge in [0.25, 0.3) is 5.91 Å². The smallest absolute Gasteiger partial charge is 0.253 e. The van der Waals surface area contributed by atoms with Crippen LogP contribution in [-0.2, 0) is 0 Å². The summed E-state index contributed by atoms with van der Waals surface area (Å²) in [4.78, 5) is 12.1. The van der Waals surface area contributed by atoms with Gasteiger partial charge in [0, 0.05) is 24.0 Å². The Labute approximate surface area is 125 Å². The van der Waals surface area contributed by atoms with Crippen molar-refractivity contribution in [1.82, 2.24) is 5.32 Å². The third-order valence-electron chi connectivity index (χ3n) is 3.30. The van der Waals surface area contributed by atoms with Crippen molar-refractivity contribution >= 4 is 17.3 Å². The molecule has 0 heterocycles. The summed E-state index contributed by atoms with van der Waals surface area (Å²) in [6.07, 6.45) is 0. The first-order valence-electron chi connectivity index (χ1n) is 7.11. The largest absolute Gasteiger partial charge is 0.399 e. The molecule has 1 unspecified atom stereocenters. The van der Waals surface area contributed by atoms with Crippen LogP contribution in [0.5, 0.6) is 0 Å². The van der Waals surface area contributed by atoms with E-state index in [-0.39, 0.29) is 11.9 Å². The van der Waals surface area contributed by atoms with Crippen LogP contribution in [0.15, 0.2) is 48.5 Å². The van der Waals surface area contributed by atoms with Gasteiger partial charge in [-0.05, 0) is 37.6 Å². The second-order valence-corrected chi connectivity index (χ2v) is 4.94. The van der Waals surface area contributed by atoms with E-state index < -0.39 is 0 Å². The molecule has 0 aliphatic carbocycles. The molecule has 1 atom stereocenters. The Balaban J connectivity index is 2.26. The van der Waals surface area contributed by atoms with Crippen LogP contribution in [0.1, 0.15) is 35.8 Å². The zero-order valence-electron chi connectivity index (χ0n) is 12.4. The molecule has 0 fully saturated rings. The summed E-state index contributed by atoms with van der Waals surface area (Å²) in [5, 5.41) is 6.18. The quantitative estimate of drug-likeness (QED) is 0.738. The molecule has 0 spiro atoms. The van der Waals surface area contributed by atoms with E-state index in [1.54, 1.807) is 18.2 Å². The number of nitrogen functional groups attached to an aromatic ring is 1. The van der Waals surface area contributed by atoms with Crippen molar-refractivity contribution in [1.29, 1.82) is 0 Å². The highest BCUT2D eigenvalue weighted by atomic mass is 16.1. The van der Waals surface area contributed by atoms with Gasteiger partial charge in [0.05, 0.1) is 5.56 Å². The molecule has 0 saturated carbocycles. The van der Waals surface area contributed by atoms with E-state index in [0.29, 0.717) is 17.8 Å². The molecule has 0 saturated heterocycles. The molecule has 21 heavy (non-hydrogen) atoms. The van der Waals surface area contributed by atoms with Crippen LogP contribution in [-0.4, -0.2) is 12.5 Å². The standard InChI is InChI=1S/C17H21N3O/c1-3-19-17(21)15-10-9-14(18)11-16(15)20-12(2)13-7-5-4-6-8-13/h4-12,20H,3,18H2,1-2H3,(H,19,21). The molecule has 0 aliphatic rings. The molecule has 4 N–H and O–H groups in total. The summed E-state index contributed by atoms with van der Waals surface area (Å²) in [6, 6.07) is 15.5. The Morgan fingerprint density at radius 1 is 1.19 bits per heavy atom. The van der Waals surface area contributed by atoms with Crippen LogP contribution < -0.4 is 16.4 Å². The fourth-order valence-corrected chi connectivity index (χ4v) is 2.19. The molecule has 0 radical (unpaired) electrons. The Morgan fingerprint density at radius 2 is 1.90 bits per heavy atom. The van der Waals surface area contributed by atoms with Crippen LogP contribution >= 0.6 is 0 Å². The minimum atomic E-state index is -0.0970. The Morgan fingerprint density at radius 3 is 2.57 bits per heavy atom. The maximum Gasteiger partial charge on any atom is 0.253 e. The molecular formula is C17H21N3O. The van der Waals surface area contributed by atoms with Crippen molar-refractivity contribution in [2.24, 2.45) is 0 Å². The molecule has 0 aromatic heterocycles. The van der Waals surface area contributed by atoms with Gasteiger partial charge >= 0.3 is 0 Å². The number of amides is 1. The summed E-state index contributed by atoms with van der Waals surface area (Å²) >= 11 is 0. The Kier molecular flexibility index (Phi) is 4.82. The Hall–Kier alpha value is -2.49. The number of benzene rings is 2. The first kappa shape index (κ1) is 14.9. The van der Waals surface area contributed by atoms with Crippen LogP contribution in [0.25, 0.3) is 0 Å². The van der Waals surface area contributed by atoms with Crippen molar-refractivity contribution in [3.05, 3.63) is 59.7 Å². The molecule has 2 aromatic rings. The second-order valence-electron chi connectivity index (χ2n) is 4.94. The first-order valence-corrected chi connectivity index (χ1v) is 7.11. The zero-order chi connectivity index (χ0) is 15.2. The molecular weight excluding hydrogens is 262 g/mol. The predicted molar refractivity (Wildman–Crippen MR) is 87.3 cm³/mol. The summed E-state index contributed by atoms with van der Waals surface area (Å²) in [5.74, 6) is -0.0970. The Bertz CT molecular complexity index is 611. The van der Waals surface area contributed by atoms with Crippen LogP contribution in [0.3, 0.4) is 0 Å². The summed E-state index contributed by atoms with van der Waals surface area (Å²) in [6.45, 7) is 4.55. The van der Waals surface area contributed by atoms with Gasteiger partial charge in [0.1, 0.15) is 0 Å². The fourth-order valence-electron chi connectivity index (χ4n) is 2.19. The molecule has 0 aliphatic heterocycles. The van der Waals surface area contributed by atoms with Crippen molar-refractivity contribution in [3.63, 3.8) is 0 Å². The normalized spacial score (nSPS) is 11.7. The molecule has 2 aromatic carbocycles. The van der Waals surface area contributed by atoms with Crippen molar-refractivity contribution in [2.75, 3.05) is 17.6 Å². The van der Waals surface area contributed by atoms with E-state index in [0.717, 1.165) is 11.3 Å². The number of carbonyl (C=O) groups is 1. The highest BCUT2D eigenvalue weighted by Crippen LogP contribution is 2.24. The van der Waals surface area contributed by atoms with Crippen LogP contribution in [0, 0.1) is 0 Å². The average Bonchev–Trinajstić information content (AvgIpc) is 2.48. The highest BCUT2D eigenvalue weighted by Gasteiger charge is 2.13. The summed E-state index contributed by atoms with van der Waals surface area (Å²) in [7, 11) is 0. The van der Waals surface area contributed by atoms with Gasteiger partial charge in [-0.3, -0.25) is 4.79 Å². The van der Waals surface area contributed by atoms with Gasteiger partial charge in [-0.2, -0.15) is 0 Å². The van der Waals surface area contributed by atoms with Gasteiger partial charge in [-0.25, -0.2) is 0 Å². The number of nitrogens with two attached hydrogens (primary N) is 1. The number of anilines is 2. The lowest BCUT2D eigenvalue weighted by atomic mass is 10.1. The third-order valence-corrected chi connectivity index (χ3v) is 3.30. The van der Waals surface area contributed by atoms with Crippen LogP contribution in [0.4, 0.5) is 11.4 Å². The SMILES string of the molecule is CCNC(=O)c1ccc(N)cc1NC(C)c1ccccc1. The zero-order valence-corrected chi connectivity index (χ0v) is 12.4. The van der Waals surface area contributed by atoms with Crippen molar-refractivity contribution in [2.45, 2.75) is 19.9 Å². The lowest BCUT2D eigenvalue weighted by Gasteiger charge is -2.18. The van der Waals surface area contributed by atoms with Crippen molar-refractivity contribution in [3.8, 4) is 0 Å². The van der Waals surface area contributed by atoms with Gasteiger partial charge in [-0.15, -0.1) is 0 Å². The van der Waals surface area contributed by atoms with Gasteiger partial charge in [0.15, 0.2) is 0 Å². The maximum atomic E-state index is 12.1. The molecule has 4 heteroatoms. The summed E-state index contributed by atoms with van der Waals surface area (Å²) < 4.78 is 0. The number of rotatable bonds is 5. The first-order chi connectivity index (χ1) is 10.1. The molecule has 4 nitrogen and oxygen atoms in total. The summed E-state index contributed by atoms with van der Waals surface area (Å²) in [5.41, 5.74) is 8.98. The van der Waals surface area contributed by atoms with E-state index in [4.69, 9.17) is 5.73 Å². The fraction of sp³-hybridized carbons (Fsp3) is 0.235. The third kappa shape index (κ3) is 3.75. The molecule has 0 bridgehead atoms. The lowest BCUT2D eigenvalue weighted by Crippen LogP contribution is -2.24. The van der Waals surface area contributed by atoms with E-state index in [9.17, 15) is 4.79 Å². The topological polar surface area (TPSA) is 67.2 Å². The van der Waals surface area contributed by atoms with Gasteiger partial charge in [0.2, 0.25) is 0 Å². The van der Waals surface area contributed by atoms with E-state index in [1.165, 1.54) is 0 Å². The monoisotopic (exact) mass is 283 g/mol. The number of hydrogen-bond acceptors (Lipinski definition) is 3. The predicted octanol–water partition coefficient (Wildman–Crippen LogP) is 3.19. The van der Waals surface area contributed by atoms with E-state index >= 15 is 0 Å². The van der Waals surface area contributed by atoms with Crippen molar-refractivity contribution < 1.29 is 4.79 Å². The average molecular weight is 283 g/mol. The maximum absolute atomic E-state index is 12.1. The number of nitrogens with one attached hydrogen (secondary N) is 2. The molecule has 1 amide bonds.